The molecule has 24 heavy (non-hydrogen) atoms. The van der Waals surface area contributed by atoms with Crippen LogP contribution < -0.4 is 10.2 Å². The third kappa shape index (κ3) is 3.62. The number of hydrogen-bond acceptors (Lipinski definition) is 4. The maximum absolute atomic E-state index is 12.4. The van der Waals surface area contributed by atoms with E-state index < -0.39 is 0 Å². The van der Waals surface area contributed by atoms with Gasteiger partial charge in [0.1, 0.15) is 5.76 Å². The Kier molecular flexibility index (Phi) is 5.20. The minimum atomic E-state index is -0.200. The Morgan fingerprint density at radius 3 is 2.50 bits per heavy atom. The van der Waals surface area contributed by atoms with Crippen LogP contribution in [0.1, 0.15) is 30.2 Å². The smallest absolute Gasteiger partial charge is 0.291 e. The molecular formula is C19H25N3O2. The quantitative estimate of drug-likeness (QED) is 0.916. The maximum atomic E-state index is 12.4. The fourth-order valence-electron chi connectivity index (χ4n) is 3.03. The summed E-state index contributed by atoms with van der Waals surface area (Å²) < 4.78 is 5.55. The average Bonchev–Trinajstić information content (AvgIpc) is 3.12. The van der Waals surface area contributed by atoms with Gasteiger partial charge in [0, 0.05) is 32.6 Å². The summed E-state index contributed by atoms with van der Waals surface area (Å²) in [5.74, 6) is 0.982. The van der Waals surface area contributed by atoms with E-state index in [1.54, 1.807) is 6.07 Å². The van der Waals surface area contributed by atoms with Crippen LogP contribution in [0.3, 0.4) is 0 Å². The predicted molar refractivity (Wildman–Crippen MR) is 96.8 cm³/mol. The van der Waals surface area contributed by atoms with E-state index in [-0.39, 0.29) is 5.91 Å². The molecule has 0 atom stereocenters. The molecule has 2 heterocycles. The first-order valence-electron chi connectivity index (χ1n) is 8.67. The number of piperazine rings is 1. The van der Waals surface area contributed by atoms with Crippen LogP contribution >= 0.6 is 0 Å². The monoisotopic (exact) mass is 327 g/mol. The van der Waals surface area contributed by atoms with Gasteiger partial charge in [0.25, 0.3) is 5.91 Å². The number of aryl methyl sites for hydroxylation is 1. The molecular weight excluding hydrogens is 302 g/mol. The predicted octanol–water partition coefficient (Wildman–Crippen LogP) is 3.24. The highest BCUT2D eigenvalue weighted by molar-refractivity contribution is 6.04. The number of amides is 1. The van der Waals surface area contributed by atoms with Crippen molar-refractivity contribution in [2.24, 2.45) is 0 Å². The van der Waals surface area contributed by atoms with Crippen LogP contribution in [0.15, 0.2) is 40.8 Å². The molecule has 1 amide bonds. The molecule has 0 saturated carbocycles. The van der Waals surface area contributed by atoms with Crippen molar-refractivity contribution in [2.75, 3.05) is 42.9 Å². The van der Waals surface area contributed by atoms with Crippen molar-refractivity contribution in [3.8, 4) is 0 Å². The second-order valence-electron chi connectivity index (χ2n) is 6.01. The van der Waals surface area contributed by atoms with Gasteiger partial charge >= 0.3 is 0 Å². The molecule has 1 aromatic carbocycles. The summed E-state index contributed by atoms with van der Waals surface area (Å²) in [5, 5.41) is 3.00. The van der Waals surface area contributed by atoms with Crippen LogP contribution in [0.4, 0.5) is 11.4 Å². The van der Waals surface area contributed by atoms with Crippen molar-refractivity contribution in [3.05, 3.63) is 47.9 Å². The second-order valence-corrected chi connectivity index (χ2v) is 6.01. The minimum absolute atomic E-state index is 0.200. The van der Waals surface area contributed by atoms with Crippen LogP contribution in [-0.2, 0) is 6.42 Å². The van der Waals surface area contributed by atoms with Gasteiger partial charge in [-0.05, 0) is 30.8 Å². The van der Waals surface area contributed by atoms with E-state index in [0.29, 0.717) is 5.76 Å². The largest absolute Gasteiger partial charge is 0.456 e. The molecule has 3 rings (SSSR count). The molecule has 0 aliphatic carbocycles. The first kappa shape index (κ1) is 16.6. The number of carbonyl (C=O) groups excluding carboxylic acids is 1. The Bertz CT molecular complexity index is 687. The number of nitrogens with zero attached hydrogens (tertiary/aromatic N) is 2. The third-order valence-corrected chi connectivity index (χ3v) is 4.55. The molecule has 0 unspecified atom stereocenters. The number of anilines is 2. The molecule has 1 aliphatic rings. The van der Waals surface area contributed by atoms with Gasteiger partial charge in [-0.3, -0.25) is 4.79 Å². The van der Waals surface area contributed by atoms with Crippen molar-refractivity contribution < 1.29 is 9.21 Å². The third-order valence-electron chi connectivity index (χ3n) is 4.55. The molecule has 0 spiro atoms. The Hall–Kier alpha value is -2.27. The van der Waals surface area contributed by atoms with Crippen molar-refractivity contribution in [2.45, 2.75) is 20.3 Å². The topological polar surface area (TPSA) is 48.7 Å². The summed E-state index contributed by atoms with van der Waals surface area (Å²) in [6, 6.07) is 11.6. The zero-order valence-electron chi connectivity index (χ0n) is 14.4. The Labute approximate surface area is 143 Å². The van der Waals surface area contributed by atoms with Crippen LogP contribution in [0.5, 0.6) is 0 Å². The molecule has 1 aliphatic heterocycles. The highest BCUT2D eigenvalue weighted by atomic mass is 16.3. The number of carbonyl (C=O) groups is 1. The van der Waals surface area contributed by atoms with Gasteiger partial charge in [-0.2, -0.15) is 0 Å². The first-order valence-corrected chi connectivity index (χ1v) is 8.67. The number of furan rings is 1. The molecule has 0 bridgehead atoms. The highest BCUT2D eigenvalue weighted by Gasteiger charge is 2.19. The second kappa shape index (κ2) is 7.53. The fourth-order valence-corrected chi connectivity index (χ4v) is 3.03. The van der Waals surface area contributed by atoms with Crippen LogP contribution in [0, 0.1) is 0 Å². The molecule has 0 radical (unpaired) electrons. The van der Waals surface area contributed by atoms with Crippen molar-refractivity contribution in [3.63, 3.8) is 0 Å². The lowest BCUT2D eigenvalue weighted by Crippen LogP contribution is -2.46. The van der Waals surface area contributed by atoms with Crippen molar-refractivity contribution >= 4 is 17.3 Å². The Morgan fingerprint density at radius 2 is 1.83 bits per heavy atom. The zero-order chi connectivity index (χ0) is 16.9. The molecule has 5 heteroatoms. The van der Waals surface area contributed by atoms with Gasteiger partial charge in [-0.25, -0.2) is 0 Å². The highest BCUT2D eigenvalue weighted by Crippen LogP contribution is 2.27. The lowest BCUT2D eigenvalue weighted by Gasteiger charge is -2.36. The number of benzene rings is 1. The molecule has 1 aromatic heterocycles. The summed E-state index contributed by atoms with van der Waals surface area (Å²) in [5.41, 5.74) is 1.91. The van der Waals surface area contributed by atoms with Gasteiger partial charge in [0.05, 0.1) is 11.4 Å². The minimum Gasteiger partial charge on any atom is -0.456 e. The molecule has 1 fully saturated rings. The molecule has 1 saturated heterocycles. The SMILES string of the molecule is CCc1ccc(C(=O)Nc2ccccc2N2CCN(CC)CC2)o1. The van der Waals surface area contributed by atoms with Crippen molar-refractivity contribution in [1.29, 1.82) is 0 Å². The number of nitrogens with one attached hydrogen (secondary N) is 1. The zero-order valence-corrected chi connectivity index (χ0v) is 14.4. The van der Waals surface area contributed by atoms with Crippen LogP contribution in [0.2, 0.25) is 0 Å². The fraction of sp³-hybridized carbons (Fsp3) is 0.421. The van der Waals surface area contributed by atoms with Crippen molar-refractivity contribution in [1.82, 2.24) is 4.90 Å². The van der Waals surface area contributed by atoms with Gasteiger partial charge in [0.2, 0.25) is 0 Å². The van der Waals surface area contributed by atoms with Gasteiger partial charge < -0.3 is 19.5 Å². The summed E-state index contributed by atoms with van der Waals surface area (Å²) in [6.07, 6.45) is 0.783. The molecule has 2 aromatic rings. The van der Waals surface area contributed by atoms with E-state index in [0.717, 1.165) is 56.3 Å². The lowest BCUT2D eigenvalue weighted by molar-refractivity contribution is 0.0995. The van der Waals surface area contributed by atoms with E-state index in [1.807, 2.05) is 31.2 Å². The Balaban J connectivity index is 1.73. The maximum Gasteiger partial charge on any atom is 0.291 e. The van der Waals surface area contributed by atoms with E-state index in [1.165, 1.54) is 0 Å². The number of likely N-dealkylation sites (N-methyl/N-ethyl adjacent to an activating group) is 1. The Morgan fingerprint density at radius 1 is 1.08 bits per heavy atom. The summed E-state index contributed by atoms with van der Waals surface area (Å²) in [4.78, 5) is 17.2. The van der Waals surface area contributed by atoms with Gasteiger partial charge in [0.15, 0.2) is 5.76 Å². The van der Waals surface area contributed by atoms with E-state index in [9.17, 15) is 4.79 Å². The van der Waals surface area contributed by atoms with E-state index in [2.05, 4.69) is 28.1 Å². The molecule has 1 N–H and O–H groups in total. The van der Waals surface area contributed by atoms with Crippen LogP contribution in [0.25, 0.3) is 0 Å². The number of rotatable bonds is 5. The lowest BCUT2D eigenvalue weighted by atomic mass is 10.2. The summed E-state index contributed by atoms with van der Waals surface area (Å²) >= 11 is 0. The van der Waals surface area contributed by atoms with Gasteiger partial charge in [-0.15, -0.1) is 0 Å². The first-order chi connectivity index (χ1) is 11.7. The van der Waals surface area contributed by atoms with Crippen LogP contribution in [-0.4, -0.2) is 43.5 Å². The summed E-state index contributed by atoms with van der Waals surface area (Å²) in [6.45, 7) is 9.34. The van der Waals surface area contributed by atoms with E-state index >= 15 is 0 Å². The van der Waals surface area contributed by atoms with E-state index in [4.69, 9.17) is 4.42 Å². The van der Waals surface area contributed by atoms with Gasteiger partial charge in [-0.1, -0.05) is 26.0 Å². The standard InChI is InChI=1S/C19H25N3O2/c1-3-15-9-10-18(24-15)19(23)20-16-7-5-6-8-17(16)22-13-11-21(4-2)12-14-22/h5-10H,3-4,11-14H2,1-2H3,(H,20,23). The summed E-state index contributed by atoms with van der Waals surface area (Å²) in [7, 11) is 0. The normalized spacial score (nSPS) is 15.5. The molecule has 128 valence electrons. The number of hydrogen-bond donors (Lipinski definition) is 1. The molecule has 5 nitrogen and oxygen atoms in total. The average molecular weight is 327 g/mol. The number of para-hydroxylation sites is 2.